The molecule has 9 N–H and O–H groups in total. The van der Waals surface area contributed by atoms with Crippen LogP contribution in [0.5, 0.6) is 0 Å². The van der Waals surface area contributed by atoms with E-state index in [0.717, 1.165) is 23.1 Å². The molecule has 10 heteroatoms. The topological polar surface area (TPSA) is 187 Å². The van der Waals surface area contributed by atoms with Crippen LogP contribution in [-0.2, 0) is 22.7 Å². The molecule has 1 atom stereocenters. The molecule has 2 rings (SSSR count). The van der Waals surface area contributed by atoms with E-state index in [-0.39, 0.29) is 5.48 Å². The van der Waals surface area contributed by atoms with Gasteiger partial charge in [0.1, 0.15) is 0 Å². The number of halogens is 2. The van der Waals surface area contributed by atoms with Gasteiger partial charge < -0.3 is 41.9 Å². The van der Waals surface area contributed by atoms with Crippen molar-refractivity contribution < 1.29 is 41.9 Å². The minimum Gasteiger partial charge on any atom is -0.550 e. The number of benzene rings is 2. The molecule has 28 heavy (non-hydrogen) atoms. The molecule has 0 aliphatic heterocycles. The minimum atomic E-state index is -1.96. The first-order valence-electron chi connectivity index (χ1n) is 7.85. The molecule has 0 aliphatic carbocycles. The van der Waals surface area contributed by atoms with Gasteiger partial charge >= 0.3 is 0 Å². The maximum absolute atomic E-state index is 9.58. The van der Waals surface area contributed by atoms with Crippen molar-refractivity contribution in [3.05, 3.63) is 69.7 Å². The van der Waals surface area contributed by atoms with Gasteiger partial charge in [0, 0.05) is 33.6 Å². The van der Waals surface area contributed by atoms with Gasteiger partial charge in [0.2, 0.25) is 0 Å². The fraction of sp³-hybridized carbons (Fsp3) is 0.222. The van der Waals surface area contributed by atoms with Crippen LogP contribution in [0.3, 0.4) is 0 Å². The van der Waals surface area contributed by atoms with Crippen molar-refractivity contribution in [2.24, 2.45) is 0 Å². The summed E-state index contributed by atoms with van der Waals surface area (Å²) in [6, 6.07) is 15.5. The molecular formula is C18H24Cl2N2O6. The smallest absolute Gasteiger partial charge is 0.0997 e. The van der Waals surface area contributed by atoms with Crippen LogP contribution < -0.4 is 21.7 Å². The van der Waals surface area contributed by atoms with Crippen LogP contribution in [0.25, 0.3) is 0 Å². The number of quaternary nitrogens is 2. The lowest BCUT2D eigenvalue weighted by Gasteiger charge is -2.10. The van der Waals surface area contributed by atoms with E-state index in [9.17, 15) is 19.8 Å². The normalized spacial score (nSPS) is 10.2. The van der Waals surface area contributed by atoms with Crippen molar-refractivity contribution in [3.8, 4) is 0 Å². The van der Waals surface area contributed by atoms with Crippen LogP contribution in [-0.4, -0.2) is 28.6 Å². The Balaban J connectivity index is 0. The number of hydrogen-bond acceptors (Lipinski definition) is 5. The van der Waals surface area contributed by atoms with Gasteiger partial charge in [-0.2, -0.15) is 0 Å². The SMILES string of the molecule is O.O=C([O-])C[C@H](O)C(=O)[O-].[NH3+]Cc1cccc(Cl)c1.[NH3+]Cc1cccc(Cl)c1. The van der Waals surface area contributed by atoms with Crippen molar-refractivity contribution in [3.63, 3.8) is 0 Å². The van der Waals surface area contributed by atoms with Crippen LogP contribution in [0.4, 0.5) is 0 Å². The van der Waals surface area contributed by atoms with E-state index in [2.05, 4.69) is 11.5 Å². The Kier molecular flexibility index (Phi) is 15.8. The van der Waals surface area contributed by atoms with Crippen molar-refractivity contribution in [1.82, 2.24) is 0 Å². The quantitative estimate of drug-likeness (QED) is 0.470. The summed E-state index contributed by atoms with van der Waals surface area (Å²) in [6.45, 7) is 1.61. The summed E-state index contributed by atoms with van der Waals surface area (Å²) in [5.74, 6) is -3.43. The molecule has 0 aliphatic rings. The van der Waals surface area contributed by atoms with Crippen LogP contribution >= 0.6 is 23.2 Å². The zero-order valence-corrected chi connectivity index (χ0v) is 16.6. The molecule has 8 nitrogen and oxygen atoms in total. The molecule has 0 saturated carbocycles. The summed E-state index contributed by atoms with van der Waals surface area (Å²) in [5, 5.41) is 28.9. The van der Waals surface area contributed by atoms with Crippen LogP contribution in [0.2, 0.25) is 10.0 Å². The second-order valence-electron chi connectivity index (χ2n) is 5.17. The Hall–Kier alpha value is -2.20. The Labute approximate surface area is 172 Å². The van der Waals surface area contributed by atoms with E-state index in [1.54, 1.807) is 0 Å². The first kappa shape index (κ1) is 28.0. The monoisotopic (exact) mass is 434 g/mol. The number of carbonyl (C=O) groups excluding carboxylic acids is 2. The lowest BCUT2D eigenvalue weighted by molar-refractivity contribution is -0.386. The van der Waals surface area contributed by atoms with E-state index in [0.29, 0.717) is 0 Å². The van der Waals surface area contributed by atoms with Crippen molar-refractivity contribution in [1.29, 1.82) is 0 Å². The van der Waals surface area contributed by atoms with E-state index >= 15 is 0 Å². The Bertz CT molecular complexity index is 685. The number of carboxylic acids is 2. The number of hydrogen-bond donors (Lipinski definition) is 3. The van der Waals surface area contributed by atoms with E-state index in [4.69, 9.17) is 28.3 Å². The van der Waals surface area contributed by atoms with Gasteiger partial charge in [-0.1, -0.05) is 47.5 Å². The molecule has 156 valence electrons. The third kappa shape index (κ3) is 13.9. The van der Waals surface area contributed by atoms with Gasteiger partial charge in [0.25, 0.3) is 0 Å². The molecule has 2 aromatic carbocycles. The molecule has 0 radical (unpaired) electrons. The summed E-state index contributed by atoms with van der Waals surface area (Å²) in [5.41, 5.74) is 9.84. The number of carboxylic acid groups (broad SMARTS) is 2. The zero-order valence-electron chi connectivity index (χ0n) is 15.1. The highest BCUT2D eigenvalue weighted by atomic mass is 35.5. The number of aliphatic carboxylic acids is 2. The molecule has 0 bridgehead atoms. The van der Waals surface area contributed by atoms with Gasteiger partial charge in [-0.25, -0.2) is 0 Å². The molecule has 0 fully saturated rings. The first-order valence-corrected chi connectivity index (χ1v) is 8.61. The fourth-order valence-electron chi connectivity index (χ4n) is 1.63. The molecule has 0 amide bonds. The molecule has 0 unspecified atom stereocenters. The lowest BCUT2D eigenvalue weighted by atomic mass is 10.2. The van der Waals surface area contributed by atoms with Gasteiger partial charge in [-0.3, -0.25) is 0 Å². The van der Waals surface area contributed by atoms with Crippen molar-refractivity contribution in [2.45, 2.75) is 25.6 Å². The molecule has 0 saturated heterocycles. The third-order valence-corrected chi connectivity index (χ3v) is 3.46. The number of aliphatic hydroxyl groups excluding tert-OH is 1. The molecule has 2 aromatic rings. The number of rotatable bonds is 5. The maximum atomic E-state index is 9.58. The molecule has 0 aromatic heterocycles. The lowest BCUT2D eigenvalue weighted by Crippen LogP contribution is -2.47. The zero-order chi connectivity index (χ0) is 20.8. The van der Waals surface area contributed by atoms with Crippen molar-refractivity contribution in [2.75, 3.05) is 0 Å². The standard InChI is InChI=1S/2C7H8ClN.C4H6O5.H2O/c2*8-7-3-1-2-6(4-7)5-9;5-2(4(8)9)1-3(6)7;/h2*1-4H,5,9H2;2,5H,1H2,(H,6,7)(H,8,9);1H2/t;;2-;/m..0./s1. The summed E-state index contributed by atoms with van der Waals surface area (Å²) in [4.78, 5) is 19.1. The predicted octanol–water partition coefficient (Wildman–Crippen LogP) is -2.42. The molecular weight excluding hydrogens is 411 g/mol. The Morgan fingerprint density at radius 2 is 1.32 bits per heavy atom. The van der Waals surface area contributed by atoms with Gasteiger partial charge in [-0.05, 0) is 24.3 Å². The maximum Gasteiger partial charge on any atom is 0.0997 e. The average molecular weight is 435 g/mol. The summed E-state index contributed by atoms with van der Waals surface area (Å²) in [7, 11) is 0. The Morgan fingerprint density at radius 1 is 0.929 bits per heavy atom. The highest BCUT2D eigenvalue weighted by Crippen LogP contribution is 2.09. The predicted molar refractivity (Wildman–Crippen MR) is 100 cm³/mol. The molecule has 0 heterocycles. The minimum absolute atomic E-state index is 0. The highest BCUT2D eigenvalue weighted by molar-refractivity contribution is 6.30. The number of aliphatic hydroxyl groups is 1. The fourth-order valence-corrected chi connectivity index (χ4v) is 2.05. The van der Waals surface area contributed by atoms with E-state index in [1.165, 1.54) is 11.1 Å². The van der Waals surface area contributed by atoms with Gasteiger partial charge in [0.15, 0.2) is 0 Å². The summed E-state index contributed by atoms with van der Waals surface area (Å²) in [6.07, 6.45) is -2.89. The van der Waals surface area contributed by atoms with E-state index in [1.807, 2.05) is 48.5 Å². The summed E-state index contributed by atoms with van der Waals surface area (Å²) >= 11 is 11.4. The molecule has 0 spiro atoms. The second-order valence-corrected chi connectivity index (χ2v) is 6.04. The largest absolute Gasteiger partial charge is 0.550 e. The van der Waals surface area contributed by atoms with Crippen LogP contribution in [0, 0.1) is 0 Å². The third-order valence-electron chi connectivity index (χ3n) is 2.99. The van der Waals surface area contributed by atoms with Gasteiger partial charge in [0.05, 0.1) is 25.2 Å². The summed E-state index contributed by atoms with van der Waals surface area (Å²) < 4.78 is 0. The average Bonchev–Trinajstić information content (AvgIpc) is 2.62. The van der Waals surface area contributed by atoms with Gasteiger partial charge in [-0.15, -0.1) is 0 Å². The number of carbonyl (C=O) groups is 2. The highest BCUT2D eigenvalue weighted by Gasteiger charge is 2.03. The first-order chi connectivity index (χ1) is 12.7. The Morgan fingerprint density at radius 3 is 1.50 bits per heavy atom. The van der Waals surface area contributed by atoms with Crippen LogP contribution in [0.1, 0.15) is 17.5 Å². The van der Waals surface area contributed by atoms with E-state index < -0.39 is 24.5 Å². The van der Waals surface area contributed by atoms with Crippen LogP contribution in [0.15, 0.2) is 48.5 Å². The second kappa shape index (κ2) is 15.8. The van der Waals surface area contributed by atoms with Crippen molar-refractivity contribution >= 4 is 35.1 Å².